The predicted molar refractivity (Wildman–Crippen MR) is 101 cm³/mol. The van der Waals surface area contributed by atoms with Gasteiger partial charge in [0.1, 0.15) is 5.75 Å². The lowest BCUT2D eigenvalue weighted by atomic mass is 9.98. The normalized spacial score (nSPS) is 19.1. The zero-order valence-electron chi connectivity index (χ0n) is 15.3. The standard InChI is InChI=1S/C17H24N4O5S/c1-11(2)26-17(22)21-8-6-12(7-9-21)10-25-14-5-3-4-13-15(14)16(18)20-27(23,24)19-13/h3-5,11-12,19H,6-10H2,1-2H3,(H2,18,20). The van der Waals surface area contributed by atoms with Gasteiger partial charge in [0.15, 0.2) is 5.84 Å². The molecular formula is C17H24N4O5S. The van der Waals surface area contributed by atoms with E-state index >= 15 is 0 Å². The second-order valence-electron chi connectivity index (χ2n) is 6.91. The molecule has 2 heterocycles. The molecule has 1 aromatic rings. The van der Waals surface area contributed by atoms with E-state index in [1.54, 1.807) is 23.1 Å². The maximum atomic E-state index is 11.9. The number of nitrogens with zero attached hydrogens (tertiary/aromatic N) is 2. The van der Waals surface area contributed by atoms with Gasteiger partial charge in [0.05, 0.1) is 24.0 Å². The summed E-state index contributed by atoms with van der Waals surface area (Å²) in [5, 5.41) is 0. The molecule has 1 aromatic carbocycles. The topological polar surface area (TPSA) is 123 Å². The van der Waals surface area contributed by atoms with E-state index in [9.17, 15) is 13.2 Å². The summed E-state index contributed by atoms with van der Waals surface area (Å²) in [4.78, 5) is 13.6. The lowest BCUT2D eigenvalue weighted by molar-refractivity contribution is 0.0608. The quantitative estimate of drug-likeness (QED) is 0.798. The lowest BCUT2D eigenvalue weighted by Gasteiger charge is -2.32. The molecule has 0 atom stereocenters. The van der Waals surface area contributed by atoms with E-state index < -0.39 is 10.2 Å². The van der Waals surface area contributed by atoms with Crippen LogP contribution >= 0.6 is 0 Å². The summed E-state index contributed by atoms with van der Waals surface area (Å²) in [5.41, 5.74) is 6.62. The zero-order valence-corrected chi connectivity index (χ0v) is 16.2. The van der Waals surface area contributed by atoms with Crippen LogP contribution in [-0.2, 0) is 14.9 Å². The summed E-state index contributed by atoms with van der Waals surface area (Å²) >= 11 is 0. The Morgan fingerprint density at radius 3 is 2.74 bits per heavy atom. The number of hydrogen-bond acceptors (Lipinski definition) is 6. The fraction of sp³-hybridized carbons (Fsp3) is 0.529. The van der Waals surface area contributed by atoms with E-state index in [0.29, 0.717) is 36.7 Å². The molecule has 148 valence electrons. The lowest BCUT2D eigenvalue weighted by Crippen LogP contribution is -2.40. The van der Waals surface area contributed by atoms with E-state index in [1.807, 2.05) is 13.8 Å². The van der Waals surface area contributed by atoms with Gasteiger partial charge in [0, 0.05) is 13.1 Å². The molecule has 0 bridgehead atoms. The first kappa shape index (κ1) is 19.3. The van der Waals surface area contributed by atoms with Crippen molar-refractivity contribution in [2.45, 2.75) is 32.8 Å². The molecule has 2 aliphatic rings. The summed E-state index contributed by atoms with van der Waals surface area (Å²) in [6.45, 7) is 5.34. The second-order valence-corrected chi connectivity index (χ2v) is 8.24. The van der Waals surface area contributed by atoms with Crippen LogP contribution in [0.4, 0.5) is 10.5 Å². The Morgan fingerprint density at radius 2 is 2.07 bits per heavy atom. The highest BCUT2D eigenvalue weighted by atomic mass is 32.2. The average Bonchev–Trinajstić information content (AvgIpc) is 2.58. The zero-order chi connectivity index (χ0) is 19.6. The number of carbonyl (C=O) groups excluding carboxylic acids is 1. The van der Waals surface area contributed by atoms with Crippen LogP contribution in [0.1, 0.15) is 32.3 Å². The van der Waals surface area contributed by atoms with Gasteiger partial charge < -0.3 is 20.1 Å². The summed E-state index contributed by atoms with van der Waals surface area (Å²) in [6, 6.07) is 5.04. The van der Waals surface area contributed by atoms with Crippen molar-refractivity contribution >= 4 is 27.8 Å². The maximum absolute atomic E-state index is 11.9. The molecular weight excluding hydrogens is 372 g/mol. The highest BCUT2D eigenvalue weighted by Crippen LogP contribution is 2.31. The largest absolute Gasteiger partial charge is 0.492 e. The number of piperidine rings is 1. The minimum absolute atomic E-state index is 0.0920. The molecule has 0 unspecified atom stereocenters. The number of ether oxygens (including phenoxy) is 2. The van der Waals surface area contributed by atoms with Crippen LogP contribution in [-0.4, -0.2) is 51.0 Å². The highest BCUT2D eigenvalue weighted by Gasteiger charge is 2.27. The molecule has 0 radical (unpaired) electrons. The summed E-state index contributed by atoms with van der Waals surface area (Å²) < 4.78 is 40.2. The number of hydrogen-bond donors (Lipinski definition) is 2. The number of anilines is 1. The first-order valence-corrected chi connectivity index (χ1v) is 10.3. The monoisotopic (exact) mass is 396 g/mol. The molecule has 10 heteroatoms. The van der Waals surface area contributed by atoms with Gasteiger partial charge in [-0.3, -0.25) is 4.72 Å². The van der Waals surface area contributed by atoms with Gasteiger partial charge in [0.25, 0.3) is 0 Å². The number of amides is 1. The summed E-state index contributed by atoms with van der Waals surface area (Å²) in [7, 11) is -3.81. The Kier molecular flexibility index (Phi) is 5.45. The van der Waals surface area contributed by atoms with Crippen LogP contribution in [0, 0.1) is 5.92 Å². The van der Waals surface area contributed by atoms with E-state index in [-0.39, 0.29) is 24.0 Å². The fourth-order valence-corrected chi connectivity index (χ4v) is 3.95. The molecule has 0 saturated carbocycles. The van der Waals surface area contributed by atoms with E-state index in [1.165, 1.54) is 0 Å². The molecule has 27 heavy (non-hydrogen) atoms. The average molecular weight is 396 g/mol. The fourth-order valence-electron chi connectivity index (χ4n) is 3.10. The number of nitrogens with two attached hydrogens (primary N) is 1. The molecule has 2 aliphatic heterocycles. The van der Waals surface area contributed by atoms with Crippen LogP contribution in [0.3, 0.4) is 0 Å². The molecule has 3 rings (SSSR count). The molecule has 0 aliphatic carbocycles. The van der Waals surface area contributed by atoms with Crippen LogP contribution in [0.5, 0.6) is 5.75 Å². The van der Waals surface area contributed by atoms with Crippen LogP contribution < -0.4 is 15.2 Å². The van der Waals surface area contributed by atoms with Gasteiger partial charge in [-0.25, -0.2) is 4.79 Å². The smallest absolute Gasteiger partial charge is 0.410 e. The Labute approximate surface area is 158 Å². The Morgan fingerprint density at radius 1 is 1.37 bits per heavy atom. The summed E-state index contributed by atoms with van der Waals surface area (Å²) in [5.74, 6) is 0.672. The Bertz CT molecular complexity index is 845. The van der Waals surface area contributed by atoms with E-state index in [4.69, 9.17) is 15.2 Å². The first-order valence-electron chi connectivity index (χ1n) is 8.85. The van der Waals surface area contributed by atoms with Gasteiger partial charge in [-0.05, 0) is 44.7 Å². The molecule has 1 amide bonds. The third-order valence-electron chi connectivity index (χ3n) is 4.42. The van der Waals surface area contributed by atoms with Crippen molar-refractivity contribution in [2.75, 3.05) is 24.4 Å². The van der Waals surface area contributed by atoms with Crippen molar-refractivity contribution in [2.24, 2.45) is 16.0 Å². The number of fused-ring (bicyclic) bond motifs is 1. The number of carbonyl (C=O) groups is 1. The highest BCUT2D eigenvalue weighted by molar-refractivity contribution is 7.91. The molecule has 1 saturated heterocycles. The van der Waals surface area contributed by atoms with Crippen LogP contribution in [0.2, 0.25) is 0 Å². The van der Waals surface area contributed by atoms with Gasteiger partial charge in [-0.15, -0.1) is 4.40 Å². The van der Waals surface area contributed by atoms with Crippen molar-refractivity contribution in [1.82, 2.24) is 4.90 Å². The van der Waals surface area contributed by atoms with Crippen molar-refractivity contribution in [1.29, 1.82) is 0 Å². The molecule has 1 fully saturated rings. The van der Waals surface area contributed by atoms with Gasteiger partial charge in [-0.2, -0.15) is 8.42 Å². The van der Waals surface area contributed by atoms with Crippen molar-refractivity contribution in [3.05, 3.63) is 23.8 Å². The number of amidine groups is 1. The van der Waals surface area contributed by atoms with Crippen molar-refractivity contribution in [3.63, 3.8) is 0 Å². The Hall–Kier alpha value is -2.49. The number of nitrogens with one attached hydrogen (secondary N) is 1. The molecule has 3 N–H and O–H groups in total. The third kappa shape index (κ3) is 4.62. The van der Waals surface area contributed by atoms with Crippen molar-refractivity contribution in [3.8, 4) is 5.75 Å². The summed E-state index contributed by atoms with van der Waals surface area (Å²) in [6.07, 6.45) is 1.20. The first-order chi connectivity index (χ1) is 12.7. The maximum Gasteiger partial charge on any atom is 0.410 e. The predicted octanol–water partition coefficient (Wildman–Crippen LogP) is 1.70. The molecule has 0 spiro atoms. The minimum Gasteiger partial charge on any atom is -0.492 e. The number of benzene rings is 1. The van der Waals surface area contributed by atoms with Gasteiger partial charge >= 0.3 is 16.3 Å². The molecule has 0 aromatic heterocycles. The molecule has 9 nitrogen and oxygen atoms in total. The second kappa shape index (κ2) is 7.63. The van der Waals surface area contributed by atoms with Crippen LogP contribution in [0.25, 0.3) is 0 Å². The number of rotatable bonds is 4. The van der Waals surface area contributed by atoms with Gasteiger partial charge in [0.2, 0.25) is 0 Å². The van der Waals surface area contributed by atoms with E-state index in [0.717, 1.165) is 12.8 Å². The third-order valence-corrected chi connectivity index (χ3v) is 5.34. The number of likely N-dealkylation sites (tertiary alicyclic amines) is 1. The van der Waals surface area contributed by atoms with Crippen LogP contribution in [0.15, 0.2) is 22.6 Å². The SMILES string of the molecule is CC(C)OC(=O)N1CCC(COc2cccc3c2C(N)=NS(=O)(=O)N3)CC1. The van der Waals surface area contributed by atoms with E-state index in [2.05, 4.69) is 9.12 Å². The Balaban J connectivity index is 1.59. The minimum atomic E-state index is -3.81. The van der Waals surface area contributed by atoms with Gasteiger partial charge in [-0.1, -0.05) is 6.07 Å². The van der Waals surface area contributed by atoms with Crippen molar-refractivity contribution < 1.29 is 22.7 Å².